The zero-order chi connectivity index (χ0) is 15.0. The summed E-state index contributed by atoms with van der Waals surface area (Å²) >= 11 is 0. The van der Waals surface area contributed by atoms with E-state index in [1.807, 2.05) is 13.0 Å². The normalized spacial score (nSPS) is 10.6. The molecule has 1 aromatic heterocycles. The van der Waals surface area contributed by atoms with Gasteiger partial charge in [0.1, 0.15) is 5.56 Å². The molecule has 5 heteroatoms. The number of carbonyl (C=O) groups excluding carboxylic acids is 1. The number of carbonyl (C=O) groups is 1. The SMILES string of the molecule is Cc1cccc(C(=O)c2c(C)n(C)c(=O)n(C)c2=O)c1. The van der Waals surface area contributed by atoms with Crippen molar-refractivity contribution in [3.05, 3.63) is 67.5 Å². The molecule has 1 aromatic carbocycles. The number of aryl methyl sites for hydroxylation is 1. The van der Waals surface area contributed by atoms with Gasteiger partial charge in [-0.3, -0.25) is 14.2 Å². The van der Waals surface area contributed by atoms with E-state index in [1.165, 1.54) is 11.6 Å². The molecule has 2 rings (SSSR count). The number of benzene rings is 1. The van der Waals surface area contributed by atoms with E-state index in [4.69, 9.17) is 0 Å². The van der Waals surface area contributed by atoms with E-state index in [1.54, 1.807) is 32.2 Å². The Kier molecular flexibility index (Phi) is 3.44. The number of hydrogen-bond acceptors (Lipinski definition) is 3. The molecular weight excluding hydrogens is 256 g/mol. The van der Waals surface area contributed by atoms with Crippen molar-refractivity contribution >= 4 is 5.78 Å². The van der Waals surface area contributed by atoms with Crippen LogP contribution in [0.5, 0.6) is 0 Å². The van der Waals surface area contributed by atoms with Crippen molar-refractivity contribution in [3.63, 3.8) is 0 Å². The topological polar surface area (TPSA) is 61.1 Å². The van der Waals surface area contributed by atoms with Crippen LogP contribution in [0, 0.1) is 13.8 Å². The fraction of sp³-hybridized carbons (Fsp3) is 0.267. The molecule has 0 aliphatic heterocycles. The number of rotatable bonds is 2. The average molecular weight is 272 g/mol. The van der Waals surface area contributed by atoms with Crippen LogP contribution in [0.4, 0.5) is 0 Å². The monoisotopic (exact) mass is 272 g/mol. The number of aromatic nitrogens is 2. The van der Waals surface area contributed by atoms with Crippen LogP contribution in [-0.4, -0.2) is 14.9 Å². The van der Waals surface area contributed by atoms with Gasteiger partial charge in [0.15, 0.2) is 5.78 Å². The van der Waals surface area contributed by atoms with Crippen LogP contribution in [0.3, 0.4) is 0 Å². The highest BCUT2D eigenvalue weighted by Gasteiger charge is 2.20. The first-order valence-electron chi connectivity index (χ1n) is 6.22. The lowest BCUT2D eigenvalue weighted by molar-refractivity contribution is 0.103. The first-order valence-corrected chi connectivity index (χ1v) is 6.22. The molecule has 104 valence electrons. The van der Waals surface area contributed by atoms with Crippen LogP contribution in [0.25, 0.3) is 0 Å². The van der Waals surface area contributed by atoms with Crippen LogP contribution in [0.1, 0.15) is 27.2 Å². The van der Waals surface area contributed by atoms with Gasteiger partial charge in [0, 0.05) is 25.4 Å². The highest BCUT2D eigenvalue weighted by atomic mass is 16.2. The van der Waals surface area contributed by atoms with E-state index in [0.29, 0.717) is 11.3 Å². The Balaban J connectivity index is 2.74. The summed E-state index contributed by atoms with van der Waals surface area (Å²) in [5, 5.41) is 0. The summed E-state index contributed by atoms with van der Waals surface area (Å²) in [7, 11) is 2.92. The van der Waals surface area contributed by atoms with Crippen molar-refractivity contribution in [2.75, 3.05) is 0 Å². The van der Waals surface area contributed by atoms with Gasteiger partial charge in [-0.05, 0) is 19.9 Å². The molecule has 0 spiro atoms. The maximum absolute atomic E-state index is 12.5. The Hall–Kier alpha value is -2.43. The molecule has 0 radical (unpaired) electrons. The molecule has 0 amide bonds. The smallest absolute Gasteiger partial charge is 0.300 e. The van der Waals surface area contributed by atoms with E-state index < -0.39 is 11.2 Å². The van der Waals surface area contributed by atoms with Crippen molar-refractivity contribution in [1.82, 2.24) is 9.13 Å². The molecule has 0 saturated heterocycles. The Morgan fingerprint density at radius 3 is 2.30 bits per heavy atom. The lowest BCUT2D eigenvalue weighted by Crippen LogP contribution is -2.41. The van der Waals surface area contributed by atoms with Gasteiger partial charge in [0.05, 0.1) is 0 Å². The van der Waals surface area contributed by atoms with Crippen LogP contribution in [0.2, 0.25) is 0 Å². The zero-order valence-corrected chi connectivity index (χ0v) is 11.9. The number of nitrogens with zero attached hydrogens (tertiary/aromatic N) is 2. The lowest BCUT2D eigenvalue weighted by atomic mass is 10.0. The van der Waals surface area contributed by atoms with Crippen molar-refractivity contribution in [3.8, 4) is 0 Å². The van der Waals surface area contributed by atoms with Crippen molar-refractivity contribution in [2.45, 2.75) is 13.8 Å². The summed E-state index contributed by atoms with van der Waals surface area (Å²) in [5.74, 6) is -0.359. The minimum atomic E-state index is -0.558. The summed E-state index contributed by atoms with van der Waals surface area (Å²) in [5.41, 5.74) is 0.814. The van der Waals surface area contributed by atoms with Crippen molar-refractivity contribution in [1.29, 1.82) is 0 Å². The van der Waals surface area contributed by atoms with Gasteiger partial charge in [-0.2, -0.15) is 0 Å². The molecule has 0 unspecified atom stereocenters. The van der Waals surface area contributed by atoms with E-state index >= 15 is 0 Å². The third-order valence-electron chi connectivity index (χ3n) is 3.46. The van der Waals surface area contributed by atoms with Gasteiger partial charge in [-0.25, -0.2) is 4.79 Å². The Bertz CT molecular complexity index is 813. The molecule has 0 N–H and O–H groups in total. The Morgan fingerprint density at radius 2 is 1.70 bits per heavy atom. The number of ketones is 1. The van der Waals surface area contributed by atoms with E-state index in [-0.39, 0.29) is 11.3 Å². The van der Waals surface area contributed by atoms with E-state index in [9.17, 15) is 14.4 Å². The summed E-state index contributed by atoms with van der Waals surface area (Å²) < 4.78 is 2.26. The molecule has 0 atom stereocenters. The summed E-state index contributed by atoms with van der Waals surface area (Å²) in [6.45, 7) is 3.48. The van der Waals surface area contributed by atoms with Crippen LogP contribution in [-0.2, 0) is 14.1 Å². The quantitative estimate of drug-likeness (QED) is 0.764. The molecule has 1 heterocycles. The van der Waals surface area contributed by atoms with Gasteiger partial charge in [-0.15, -0.1) is 0 Å². The second kappa shape index (κ2) is 4.92. The predicted molar refractivity (Wildman–Crippen MR) is 76.3 cm³/mol. The van der Waals surface area contributed by atoms with Crippen molar-refractivity contribution < 1.29 is 4.79 Å². The van der Waals surface area contributed by atoms with Gasteiger partial charge in [0.25, 0.3) is 5.56 Å². The number of hydrogen-bond donors (Lipinski definition) is 0. The first-order chi connectivity index (χ1) is 9.34. The molecule has 0 aliphatic carbocycles. The highest BCUT2D eigenvalue weighted by Crippen LogP contribution is 2.11. The predicted octanol–water partition coefficient (Wildman–Crippen LogP) is 0.932. The fourth-order valence-electron chi connectivity index (χ4n) is 2.14. The minimum absolute atomic E-state index is 0.0419. The zero-order valence-electron chi connectivity index (χ0n) is 11.9. The molecular formula is C15H16N2O3. The van der Waals surface area contributed by atoms with Gasteiger partial charge in [-0.1, -0.05) is 23.8 Å². The van der Waals surface area contributed by atoms with E-state index in [2.05, 4.69) is 0 Å². The third kappa shape index (κ3) is 2.11. The molecule has 0 aliphatic rings. The van der Waals surface area contributed by atoms with Gasteiger partial charge >= 0.3 is 5.69 Å². The summed E-state index contributed by atoms with van der Waals surface area (Å²) in [4.78, 5) is 36.5. The maximum atomic E-state index is 12.5. The largest absolute Gasteiger partial charge is 0.330 e. The summed E-state index contributed by atoms with van der Waals surface area (Å²) in [6.07, 6.45) is 0. The maximum Gasteiger partial charge on any atom is 0.330 e. The highest BCUT2D eigenvalue weighted by molar-refractivity contribution is 6.09. The molecule has 0 fully saturated rings. The molecule has 5 nitrogen and oxygen atoms in total. The van der Waals surface area contributed by atoms with Gasteiger partial charge in [0.2, 0.25) is 0 Å². The third-order valence-corrected chi connectivity index (χ3v) is 3.46. The second-order valence-corrected chi connectivity index (χ2v) is 4.86. The molecule has 0 saturated carbocycles. The summed E-state index contributed by atoms with van der Waals surface area (Å²) in [6, 6.07) is 7.04. The lowest BCUT2D eigenvalue weighted by Gasteiger charge is -2.11. The van der Waals surface area contributed by atoms with Crippen LogP contribution in [0.15, 0.2) is 33.9 Å². The molecule has 2 aromatic rings. The van der Waals surface area contributed by atoms with Crippen LogP contribution < -0.4 is 11.2 Å². The Morgan fingerprint density at radius 1 is 1.05 bits per heavy atom. The van der Waals surface area contributed by atoms with Gasteiger partial charge < -0.3 is 4.57 Å². The minimum Gasteiger partial charge on any atom is -0.300 e. The van der Waals surface area contributed by atoms with Crippen LogP contribution >= 0.6 is 0 Å². The van der Waals surface area contributed by atoms with E-state index in [0.717, 1.165) is 10.1 Å². The second-order valence-electron chi connectivity index (χ2n) is 4.86. The Labute approximate surface area is 116 Å². The first kappa shape index (κ1) is 14.0. The fourth-order valence-corrected chi connectivity index (χ4v) is 2.14. The average Bonchev–Trinajstić information content (AvgIpc) is 2.43. The molecule has 20 heavy (non-hydrogen) atoms. The molecule has 0 bridgehead atoms. The van der Waals surface area contributed by atoms with Crippen molar-refractivity contribution in [2.24, 2.45) is 14.1 Å². The standard InChI is InChI=1S/C15H16N2O3/c1-9-6-5-7-11(8-9)13(18)12-10(2)16(3)15(20)17(4)14(12)19/h5-8H,1-4H3.